The number of piperazine rings is 2. The zero-order chi connectivity index (χ0) is 34.8. The van der Waals surface area contributed by atoms with Gasteiger partial charge in [-0.3, -0.25) is 10.1 Å². The van der Waals surface area contributed by atoms with Gasteiger partial charge in [-0.2, -0.15) is 0 Å². The van der Waals surface area contributed by atoms with Crippen LogP contribution in [-0.4, -0.2) is 103 Å². The van der Waals surface area contributed by atoms with Crippen LogP contribution in [0.15, 0.2) is 36.4 Å². The van der Waals surface area contributed by atoms with E-state index in [-0.39, 0.29) is 37.7 Å². The molecule has 2 amide bonds. The molecule has 0 aliphatic carbocycles. The Kier molecular flexibility index (Phi) is 17.2. The van der Waals surface area contributed by atoms with E-state index >= 15 is 0 Å². The number of carbonyl (C=O) groups is 2. The second kappa shape index (κ2) is 18.9. The number of amides is 2. The first-order valence-electron chi connectivity index (χ1n) is 15.4. The van der Waals surface area contributed by atoms with Crippen LogP contribution in [0.25, 0.3) is 0 Å². The number of ether oxygens (including phenoxy) is 2. The summed E-state index contributed by atoms with van der Waals surface area (Å²) < 4.78 is 10.8. The van der Waals surface area contributed by atoms with Gasteiger partial charge in [-0.15, -0.1) is 0 Å². The molecule has 0 aromatic heterocycles. The summed E-state index contributed by atoms with van der Waals surface area (Å²) in [6.07, 6.45) is -0.543. The topological polar surface area (TPSA) is 155 Å². The molecule has 0 atom stereocenters. The van der Waals surface area contributed by atoms with E-state index in [2.05, 4.69) is 15.9 Å². The van der Waals surface area contributed by atoms with Crippen molar-refractivity contribution in [3.63, 3.8) is 0 Å². The molecule has 0 unspecified atom stereocenters. The van der Waals surface area contributed by atoms with E-state index in [0.29, 0.717) is 39.3 Å². The average Bonchev–Trinajstić information content (AvgIpc) is 2.96. The zero-order valence-electron chi connectivity index (χ0n) is 28.8. The summed E-state index contributed by atoms with van der Waals surface area (Å²) in [6.45, 7) is 20.3. The molecule has 0 bridgehead atoms. The SMILES string of the molecule is C.C.CO.Cc1cc(N)cc(N2CCN(C(=O)OC(C)(C)C)CC2)c1.Cc1cc(N2CCN(C(=O)OC(C)(C)C)CC2)cc([N+](=O)[O-])c1. The van der Waals surface area contributed by atoms with Gasteiger partial charge in [0.05, 0.1) is 4.92 Å². The Morgan fingerprint density at radius 2 is 1.04 bits per heavy atom. The summed E-state index contributed by atoms with van der Waals surface area (Å²) in [5.41, 5.74) is 9.76. The Morgan fingerprint density at radius 3 is 1.38 bits per heavy atom. The van der Waals surface area contributed by atoms with E-state index in [1.165, 1.54) is 0 Å². The van der Waals surface area contributed by atoms with Crippen LogP contribution in [0.5, 0.6) is 0 Å². The number of anilines is 3. The van der Waals surface area contributed by atoms with E-state index in [1.807, 2.05) is 73.6 Å². The van der Waals surface area contributed by atoms with E-state index in [9.17, 15) is 19.7 Å². The number of non-ortho nitro benzene ring substituents is 1. The van der Waals surface area contributed by atoms with Crippen molar-refractivity contribution < 1.29 is 29.1 Å². The van der Waals surface area contributed by atoms with E-state index in [1.54, 1.807) is 21.9 Å². The van der Waals surface area contributed by atoms with Gasteiger partial charge in [0.1, 0.15) is 11.2 Å². The summed E-state index contributed by atoms with van der Waals surface area (Å²) >= 11 is 0. The molecule has 2 aliphatic rings. The summed E-state index contributed by atoms with van der Waals surface area (Å²) in [6, 6.07) is 11.1. The number of nitrogens with zero attached hydrogens (tertiary/aromatic N) is 5. The van der Waals surface area contributed by atoms with Crippen LogP contribution in [0, 0.1) is 24.0 Å². The molecule has 272 valence electrons. The van der Waals surface area contributed by atoms with Crippen LogP contribution in [0.4, 0.5) is 32.3 Å². The smallest absolute Gasteiger partial charge is 0.410 e. The van der Waals surface area contributed by atoms with Gasteiger partial charge < -0.3 is 39.9 Å². The summed E-state index contributed by atoms with van der Waals surface area (Å²) in [5, 5.41) is 18.0. The maximum atomic E-state index is 12.1. The number of rotatable bonds is 3. The largest absolute Gasteiger partial charge is 0.444 e. The van der Waals surface area contributed by atoms with Crippen LogP contribution < -0.4 is 15.5 Å². The van der Waals surface area contributed by atoms with E-state index in [0.717, 1.165) is 48.4 Å². The minimum Gasteiger partial charge on any atom is -0.444 e. The number of carbonyl (C=O) groups excluding carboxylic acids is 2. The number of hydrogen-bond donors (Lipinski definition) is 2. The maximum absolute atomic E-state index is 12.1. The van der Waals surface area contributed by atoms with E-state index in [4.69, 9.17) is 20.3 Å². The molecule has 0 spiro atoms. The molecule has 48 heavy (non-hydrogen) atoms. The van der Waals surface area contributed by atoms with Crippen molar-refractivity contribution in [2.75, 3.05) is 75.0 Å². The molecule has 2 aromatic rings. The molecule has 2 fully saturated rings. The Balaban J connectivity index is 0.000000844. The second-order valence-corrected chi connectivity index (χ2v) is 13.3. The first-order valence-corrected chi connectivity index (χ1v) is 15.4. The van der Waals surface area contributed by atoms with Crippen LogP contribution in [0.1, 0.15) is 67.5 Å². The highest BCUT2D eigenvalue weighted by Gasteiger charge is 2.27. The van der Waals surface area contributed by atoms with Gasteiger partial charge in [0.2, 0.25) is 0 Å². The third kappa shape index (κ3) is 14.2. The van der Waals surface area contributed by atoms with Crippen molar-refractivity contribution in [1.29, 1.82) is 0 Å². The van der Waals surface area contributed by atoms with Crippen molar-refractivity contribution in [3.8, 4) is 0 Å². The van der Waals surface area contributed by atoms with Crippen molar-refractivity contribution in [1.82, 2.24) is 9.80 Å². The number of nitro benzene ring substituents is 1. The molecule has 0 radical (unpaired) electrons. The fourth-order valence-electron chi connectivity index (χ4n) is 4.95. The van der Waals surface area contributed by atoms with Crippen LogP contribution in [0.3, 0.4) is 0 Å². The van der Waals surface area contributed by atoms with Crippen molar-refractivity contribution in [3.05, 3.63) is 57.6 Å². The lowest BCUT2D eigenvalue weighted by molar-refractivity contribution is -0.384. The number of aryl methyl sites for hydroxylation is 2. The normalized spacial score (nSPS) is 14.5. The van der Waals surface area contributed by atoms with Gasteiger partial charge in [0, 0.05) is 88.7 Å². The highest BCUT2D eigenvalue weighted by atomic mass is 16.6. The number of nitrogens with two attached hydrogens (primary N) is 1. The Bertz CT molecular complexity index is 1300. The molecule has 2 heterocycles. The van der Waals surface area contributed by atoms with Crippen LogP contribution >= 0.6 is 0 Å². The first kappa shape index (κ1) is 43.7. The van der Waals surface area contributed by atoms with Gasteiger partial charge >= 0.3 is 12.2 Å². The quantitative estimate of drug-likeness (QED) is 0.210. The molecular weight excluding hydrogens is 616 g/mol. The molecule has 2 aromatic carbocycles. The van der Waals surface area contributed by atoms with E-state index < -0.39 is 11.2 Å². The highest BCUT2D eigenvalue weighted by molar-refractivity contribution is 5.69. The fraction of sp³-hybridized carbons (Fsp3) is 0.600. The third-order valence-electron chi connectivity index (χ3n) is 6.94. The predicted molar refractivity (Wildman–Crippen MR) is 195 cm³/mol. The van der Waals surface area contributed by atoms with Crippen molar-refractivity contribution in [2.24, 2.45) is 0 Å². The monoisotopic (exact) mass is 676 g/mol. The van der Waals surface area contributed by atoms with Gasteiger partial charge in [-0.25, -0.2) is 9.59 Å². The average molecular weight is 677 g/mol. The molecule has 0 saturated carbocycles. The lowest BCUT2D eigenvalue weighted by Crippen LogP contribution is -2.50. The Labute approximate surface area is 287 Å². The minimum atomic E-state index is -0.509. The lowest BCUT2D eigenvalue weighted by Gasteiger charge is -2.37. The van der Waals surface area contributed by atoms with Gasteiger partial charge in [0.15, 0.2) is 0 Å². The number of nitrogen functional groups attached to an aromatic ring is 1. The maximum Gasteiger partial charge on any atom is 0.410 e. The molecule has 13 heteroatoms. The molecule has 2 saturated heterocycles. The predicted octanol–water partition coefficient (Wildman–Crippen LogP) is 6.48. The number of aliphatic hydroxyl groups is 1. The lowest BCUT2D eigenvalue weighted by atomic mass is 10.1. The van der Waals surface area contributed by atoms with Gasteiger partial charge in [-0.1, -0.05) is 14.9 Å². The molecule has 2 aliphatic heterocycles. The van der Waals surface area contributed by atoms with Crippen LogP contribution in [0.2, 0.25) is 0 Å². The number of benzene rings is 2. The molecular formula is C35H60N6O7. The minimum absolute atomic E-state index is 0. The molecule has 13 nitrogen and oxygen atoms in total. The molecule has 3 N–H and O–H groups in total. The number of aliphatic hydroxyl groups excluding tert-OH is 1. The van der Waals surface area contributed by atoms with Gasteiger partial charge in [0.25, 0.3) is 5.69 Å². The highest BCUT2D eigenvalue weighted by Crippen LogP contribution is 2.25. The van der Waals surface area contributed by atoms with Crippen LogP contribution in [-0.2, 0) is 9.47 Å². The van der Waals surface area contributed by atoms with Crippen molar-refractivity contribution >= 4 is 34.9 Å². The summed E-state index contributed by atoms with van der Waals surface area (Å²) in [5.74, 6) is 0. The number of hydrogen-bond acceptors (Lipinski definition) is 10. The Hall–Kier alpha value is -4.26. The second-order valence-electron chi connectivity index (χ2n) is 13.3. The first-order chi connectivity index (χ1) is 21.4. The summed E-state index contributed by atoms with van der Waals surface area (Å²) in [7, 11) is 1.00. The standard InChI is InChI=1S/C16H23N3O4.C16H25N3O2.CH4O.2CH4/c1-12-9-13(11-14(10-12)19(21)22)17-5-7-18(8-6-17)15(20)23-16(2,3)4;1-12-9-13(17)11-14(10-12)18-5-7-19(8-6-18)15(20)21-16(2,3)4;1-2;;/h9-11H,5-8H2,1-4H3;9-11H,5-8,17H2,1-4H3;2H,1H3;2*1H4. The third-order valence-corrected chi connectivity index (χ3v) is 6.94. The van der Waals surface area contributed by atoms with Crippen molar-refractivity contribution in [2.45, 2.75) is 81.4 Å². The zero-order valence-corrected chi connectivity index (χ0v) is 28.8. The number of nitro groups is 1. The molecule has 4 rings (SSSR count). The Morgan fingerprint density at radius 1 is 0.688 bits per heavy atom. The van der Waals surface area contributed by atoms with Gasteiger partial charge in [-0.05, 0) is 90.8 Å². The fourth-order valence-corrected chi connectivity index (χ4v) is 4.95. The summed E-state index contributed by atoms with van der Waals surface area (Å²) in [4.78, 5) is 42.4.